The molecule has 8 nitrogen and oxygen atoms in total. The van der Waals surface area contributed by atoms with Gasteiger partial charge in [-0.25, -0.2) is 4.99 Å². The van der Waals surface area contributed by atoms with E-state index in [1.54, 1.807) is 12.4 Å². The summed E-state index contributed by atoms with van der Waals surface area (Å²) in [6.07, 6.45) is 4.29. The fourth-order valence-corrected chi connectivity index (χ4v) is 4.57. The van der Waals surface area contributed by atoms with Gasteiger partial charge in [-0.2, -0.15) is 4.98 Å². The van der Waals surface area contributed by atoms with Crippen LogP contribution in [0.2, 0.25) is 0 Å². The highest BCUT2D eigenvalue weighted by Crippen LogP contribution is 2.44. The van der Waals surface area contributed by atoms with Crippen molar-refractivity contribution in [2.24, 2.45) is 4.99 Å². The molecule has 0 aliphatic carbocycles. The maximum Gasteiger partial charge on any atom is 0.249 e. The van der Waals surface area contributed by atoms with Crippen molar-refractivity contribution in [2.75, 3.05) is 6.61 Å². The molecule has 5 rings (SSSR count). The van der Waals surface area contributed by atoms with Crippen LogP contribution in [-0.2, 0) is 23.1 Å². The van der Waals surface area contributed by atoms with E-state index in [0.717, 1.165) is 24.8 Å². The van der Waals surface area contributed by atoms with Gasteiger partial charge in [0.1, 0.15) is 12.4 Å². The maximum atomic E-state index is 11.6. The molecule has 4 heterocycles. The lowest BCUT2D eigenvalue weighted by molar-refractivity contribution is 0.103. The van der Waals surface area contributed by atoms with Crippen molar-refractivity contribution in [3.05, 3.63) is 87.5 Å². The third-order valence-corrected chi connectivity index (χ3v) is 6.76. The molecule has 8 heteroatoms. The summed E-state index contributed by atoms with van der Waals surface area (Å²) in [5, 5.41) is 4.34. The number of aromatic amines is 1. The second-order valence-corrected chi connectivity index (χ2v) is 8.73. The molecule has 0 bridgehead atoms. The third-order valence-electron chi connectivity index (χ3n) is 6.76. The van der Waals surface area contributed by atoms with Gasteiger partial charge < -0.3 is 19.1 Å². The highest BCUT2D eigenvalue weighted by Gasteiger charge is 2.44. The van der Waals surface area contributed by atoms with Gasteiger partial charge in [0.15, 0.2) is 5.82 Å². The molecule has 0 radical (unpaired) electrons. The monoisotopic (exact) mass is 457 g/mol. The summed E-state index contributed by atoms with van der Waals surface area (Å²) >= 11 is 0. The molecule has 1 aromatic carbocycles. The van der Waals surface area contributed by atoms with Gasteiger partial charge in [0.05, 0.1) is 30.2 Å². The van der Waals surface area contributed by atoms with E-state index in [1.165, 1.54) is 17.2 Å². The standard InChI is InChI=1S/C26H27N5O3/c1-4-17-7-9-18(10-8-17)21-13-26(6-3,15-33-21)25-29-23(34-30-25)14-31-16-27-24-19(20(31)5-2)11-12-22(32)28-24/h7-12,16,21H,2,4,6,13-15H2,1,3H3,(H,28,32)/t21-,26+/m1/s1. The number of hydrogen-bond donors (Lipinski definition) is 1. The minimum absolute atomic E-state index is 0.0102. The third kappa shape index (κ3) is 3.91. The zero-order valence-electron chi connectivity index (χ0n) is 19.4. The van der Waals surface area contributed by atoms with Crippen LogP contribution in [0.25, 0.3) is 5.70 Å². The first-order valence-electron chi connectivity index (χ1n) is 11.5. The molecule has 1 N–H and O–H groups in total. The molecule has 2 atom stereocenters. The van der Waals surface area contributed by atoms with E-state index in [0.29, 0.717) is 36.4 Å². The van der Waals surface area contributed by atoms with Gasteiger partial charge in [-0.05, 0) is 36.5 Å². The Morgan fingerprint density at radius 1 is 1.24 bits per heavy atom. The second kappa shape index (κ2) is 8.89. The quantitative estimate of drug-likeness (QED) is 0.550. The van der Waals surface area contributed by atoms with Crippen LogP contribution in [0.15, 0.2) is 63.0 Å². The van der Waals surface area contributed by atoms with E-state index in [9.17, 15) is 4.79 Å². The Hall–Kier alpha value is -3.74. The number of aryl methyl sites for hydroxylation is 1. The van der Waals surface area contributed by atoms with Crippen LogP contribution >= 0.6 is 0 Å². The Balaban J connectivity index is 1.34. The average Bonchev–Trinajstić information content (AvgIpc) is 3.52. The number of ether oxygens (including phenoxy) is 1. The van der Waals surface area contributed by atoms with Gasteiger partial charge in [0.2, 0.25) is 11.4 Å². The number of hydrogen-bond acceptors (Lipinski definition) is 7. The molecule has 2 aliphatic rings. The zero-order valence-corrected chi connectivity index (χ0v) is 19.4. The number of pyridine rings is 1. The van der Waals surface area contributed by atoms with Crippen LogP contribution < -0.4 is 5.56 Å². The Kier molecular flexibility index (Phi) is 5.77. The first kappa shape index (κ1) is 22.1. The van der Waals surface area contributed by atoms with E-state index in [4.69, 9.17) is 14.2 Å². The minimum Gasteiger partial charge on any atom is -0.372 e. The zero-order chi connectivity index (χ0) is 23.7. The van der Waals surface area contributed by atoms with Crippen molar-refractivity contribution < 1.29 is 9.26 Å². The summed E-state index contributed by atoms with van der Waals surface area (Å²) in [4.78, 5) is 25.2. The number of fused-ring (bicyclic) bond motifs is 1. The van der Waals surface area contributed by atoms with E-state index in [2.05, 4.69) is 65.6 Å². The molecule has 0 spiro atoms. The van der Waals surface area contributed by atoms with Crippen LogP contribution in [0, 0.1) is 0 Å². The van der Waals surface area contributed by atoms with Gasteiger partial charge in [0.25, 0.3) is 0 Å². The lowest BCUT2D eigenvalue weighted by atomic mass is 9.81. The molecule has 1 fully saturated rings. The van der Waals surface area contributed by atoms with E-state index < -0.39 is 0 Å². The summed E-state index contributed by atoms with van der Waals surface area (Å²) in [6.45, 7) is 8.95. The Labute approximate surface area is 197 Å². The Morgan fingerprint density at radius 3 is 2.79 bits per heavy atom. The molecule has 0 amide bonds. The predicted molar refractivity (Wildman–Crippen MR) is 129 cm³/mol. The smallest absolute Gasteiger partial charge is 0.249 e. The van der Waals surface area contributed by atoms with E-state index in [-0.39, 0.29) is 17.1 Å². The Bertz CT molecular complexity index is 1330. The number of nitrogens with one attached hydrogen (secondary N) is 1. The first-order valence-corrected chi connectivity index (χ1v) is 11.5. The number of nitrogens with zero attached hydrogens (tertiary/aromatic N) is 4. The Morgan fingerprint density at radius 2 is 2.06 bits per heavy atom. The number of aliphatic imine (C=N–C) groups is 1. The summed E-state index contributed by atoms with van der Waals surface area (Å²) in [7, 11) is 0. The van der Waals surface area contributed by atoms with Crippen LogP contribution in [0.3, 0.4) is 0 Å². The van der Waals surface area contributed by atoms with Gasteiger partial charge in [-0.3, -0.25) is 4.79 Å². The number of aromatic nitrogens is 3. The highest BCUT2D eigenvalue weighted by atomic mass is 16.5. The van der Waals surface area contributed by atoms with Crippen LogP contribution in [0.4, 0.5) is 5.82 Å². The van der Waals surface area contributed by atoms with E-state index >= 15 is 0 Å². The topological polar surface area (TPSA) is 96.6 Å². The molecule has 0 unspecified atom stereocenters. The van der Waals surface area contributed by atoms with Crippen molar-refractivity contribution >= 4 is 17.9 Å². The van der Waals surface area contributed by atoms with E-state index in [1.807, 2.05) is 4.90 Å². The van der Waals surface area contributed by atoms with Crippen molar-refractivity contribution in [1.82, 2.24) is 20.0 Å². The second-order valence-electron chi connectivity index (χ2n) is 8.73. The average molecular weight is 458 g/mol. The maximum absolute atomic E-state index is 11.6. The molecule has 2 aliphatic heterocycles. The largest absolute Gasteiger partial charge is 0.372 e. The van der Waals surface area contributed by atoms with Crippen LogP contribution in [0.5, 0.6) is 0 Å². The normalized spacial score (nSPS) is 21.5. The van der Waals surface area contributed by atoms with Crippen molar-refractivity contribution in [2.45, 2.75) is 51.2 Å². The molecule has 174 valence electrons. The van der Waals surface area contributed by atoms with Gasteiger partial charge in [-0.1, -0.05) is 49.8 Å². The lowest BCUT2D eigenvalue weighted by Crippen LogP contribution is -2.27. The van der Waals surface area contributed by atoms with Gasteiger partial charge in [-0.15, -0.1) is 5.73 Å². The fraction of sp³-hybridized carbons (Fsp3) is 0.346. The molecule has 0 saturated carbocycles. The number of benzene rings is 1. The SMILES string of the molecule is C=C=C1c2ccc(=O)[nH]c2N=CN1Cc1nc([C@]2(CC)CO[C@@H](c3ccc(CC)cc3)C2)no1. The van der Waals surface area contributed by atoms with Crippen LogP contribution in [0.1, 0.15) is 61.2 Å². The molecule has 34 heavy (non-hydrogen) atoms. The number of H-pyrrole nitrogens is 1. The predicted octanol–water partition coefficient (Wildman–Crippen LogP) is 4.43. The molecular weight excluding hydrogens is 430 g/mol. The highest BCUT2D eigenvalue weighted by molar-refractivity contribution is 5.85. The fourth-order valence-electron chi connectivity index (χ4n) is 4.57. The summed E-state index contributed by atoms with van der Waals surface area (Å²) < 4.78 is 11.9. The summed E-state index contributed by atoms with van der Waals surface area (Å²) in [5.41, 5.74) is 6.34. The number of rotatable bonds is 6. The summed E-state index contributed by atoms with van der Waals surface area (Å²) in [5.74, 6) is 1.61. The molecular formula is C26H27N5O3. The minimum atomic E-state index is -0.297. The first-order chi connectivity index (χ1) is 16.5. The van der Waals surface area contributed by atoms with Gasteiger partial charge in [0, 0.05) is 11.6 Å². The van der Waals surface area contributed by atoms with Crippen molar-refractivity contribution in [3.8, 4) is 0 Å². The van der Waals surface area contributed by atoms with Crippen molar-refractivity contribution in [1.29, 1.82) is 0 Å². The molecule has 1 saturated heterocycles. The van der Waals surface area contributed by atoms with Crippen molar-refractivity contribution in [3.63, 3.8) is 0 Å². The summed E-state index contributed by atoms with van der Waals surface area (Å²) in [6, 6.07) is 11.8. The molecule has 3 aromatic rings. The molecule has 2 aromatic heterocycles. The van der Waals surface area contributed by atoms with Crippen LogP contribution in [-0.4, -0.2) is 33.0 Å². The van der Waals surface area contributed by atoms with Gasteiger partial charge >= 0.3 is 0 Å². The lowest BCUT2D eigenvalue weighted by Gasteiger charge is -2.24.